The van der Waals surface area contributed by atoms with E-state index in [-0.39, 0.29) is 0 Å². The van der Waals surface area contributed by atoms with Crippen molar-refractivity contribution in [3.05, 3.63) is 35.5 Å². The zero-order chi connectivity index (χ0) is 9.97. The third-order valence-corrected chi connectivity index (χ3v) is 2.32. The molecule has 1 heterocycles. The highest BCUT2D eigenvalue weighted by Crippen LogP contribution is 2.14. The highest BCUT2D eigenvalue weighted by atomic mass is 15.1. The second kappa shape index (κ2) is 3.72. The first-order valence-corrected chi connectivity index (χ1v) is 4.79. The van der Waals surface area contributed by atoms with E-state index < -0.39 is 0 Å². The lowest BCUT2D eigenvalue weighted by atomic mass is 10.1. The van der Waals surface area contributed by atoms with Gasteiger partial charge in [0.1, 0.15) is 0 Å². The molecular weight excluding hydrogens is 174 g/mol. The van der Waals surface area contributed by atoms with Crippen LogP contribution in [0.2, 0.25) is 0 Å². The largest absolute Gasteiger partial charge is 0.325 e. The second-order valence-corrected chi connectivity index (χ2v) is 3.29. The molecule has 2 rings (SSSR count). The van der Waals surface area contributed by atoms with E-state index in [4.69, 9.17) is 5.73 Å². The number of aromatic nitrogens is 2. The summed E-state index contributed by atoms with van der Waals surface area (Å²) in [6.45, 7) is 2.58. The molecule has 0 aliphatic heterocycles. The maximum absolute atomic E-state index is 5.51. The number of rotatable bonds is 2. The average molecular weight is 187 g/mol. The van der Waals surface area contributed by atoms with Crippen LogP contribution in [0.25, 0.3) is 10.9 Å². The molecule has 1 aromatic carbocycles. The molecule has 2 aromatic rings. The fraction of sp³-hybridized carbons (Fsp3) is 0.273. The molecule has 3 heteroatoms. The molecule has 0 spiro atoms. The predicted molar refractivity (Wildman–Crippen MR) is 56.8 cm³/mol. The van der Waals surface area contributed by atoms with Crippen LogP contribution in [0.5, 0.6) is 0 Å². The third kappa shape index (κ3) is 1.59. The van der Waals surface area contributed by atoms with Crippen molar-refractivity contribution in [1.82, 2.24) is 10.2 Å². The monoisotopic (exact) mass is 187 g/mol. The molecule has 14 heavy (non-hydrogen) atoms. The van der Waals surface area contributed by atoms with Crippen molar-refractivity contribution in [2.24, 2.45) is 5.73 Å². The first-order chi connectivity index (χ1) is 6.83. The zero-order valence-electron chi connectivity index (χ0n) is 8.20. The fourth-order valence-electron chi connectivity index (χ4n) is 1.46. The van der Waals surface area contributed by atoms with Gasteiger partial charge in [0.25, 0.3) is 0 Å². The van der Waals surface area contributed by atoms with Crippen LogP contribution in [0.1, 0.15) is 18.2 Å². The molecule has 0 bridgehead atoms. The van der Waals surface area contributed by atoms with Crippen LogP contribution in [0.4, 0.5) is 0 Å². The van der Waals surface area contributed by atoms with E-state index >= 15 is 0 Å². The Bertz CT molecular complexity index is 412. The summed E-state index contributed by atoms with van der Waals surface area (Å²) in [6.07, 6.45) is 1.04. The van der Waals surface area contributed by atoms with E-state index in [0.29, 0.717) is 6.54 Å². The minimum atomic E-state index is 0.444. The van der Waals surface area contributed by atoms with Crippen molar-refractivity contribution in [2.75, 3.05) is 0 Å². The topological polar surface area (TPSA) is 51.8 Å². The van der Waals surface area contributed by atoms with E-state index in [2.05, 4.69) is 29.3 Å². The molecule has 72 valence electrons. The van der Waals surface area contributed by atoms with E-state index in [9.17, 15) is 0 Å². The molecular formula is C11H13N3. The Morgan fingerprint density at radius 2 is 2.07 bits per heavy atom. The molecule has 1 aromatic heterocycles. The summed E-state index contributed by atoms with van der Waals surface area (Å²) < 4.78 is 0. The lowest BCUT2D eigenvalue weighted by Gasteiger charge is -2.01. The van der Waals surface area contributed by atoms with E-state index in [1.54, 1.807) is 0 Å². The van der Waals surface area contributed by atoms with Crippen LogP contribution >= 0.6 is 0 Å². The number of nitrogens with zero attached hydrogens (tertiary/aromatic N) is 2. The van der Waals surface area contributed by atoms with Gasteiger partial charge >= 0.3 is 0 Å². The summed E-state index contributed by atoms with van der Waals surface area (Å²) in [4.78, 5) is 0. The Balaban J connectivity index is 2.60. The number of hydrogen-bond donors (Lipinski definition) is 1. The van der Waals surface area contributed by atoms with Gasteiger partial charge in [-0.25, -0.2) is 0 Å². The molecule has 0 saturated heterocycles. The van der Waals surface area contributed by atoms with Gasteiger partial charge in [-0.15, -0.1) is 0 Å². The quantitative estimate of drug-likeness (QED) is 0.777. The molecule has 0 aliphatic rings. The summed E-state index contributed by atoms with van der Waals surface area (Å²) in [5, 5.41) is 9.23. The predicted octanol–water partition coefficient (Wildman–Crippen LogP) is 1.65. The summed E-state index contributed by atoms with van der Waals surface area (Å²) in [5.74, 6) is 0. The number of hydrogen-bond acceptors (Lipinski definition) is 3. The lowest BCUT2D eigenvalue weighted by molar-refractivity contribution is 0.919. The first kappa shape index (κ1) is 9.09. The van der Waals surface area contributed by atoms with Crippen molar-refractivity contribution in [3.8, 4) is 0 Å². The van der Waals surface area contributed by atoms with Gasteiger partial charge in [0.2, 0.25) is 0 Å². The summed E-state index contributed by atoms with van der Waals surface area (Å²) >= 11 is 0. The van der Waals surface area contributed by atoms with Gasteiger partial charge in [-0.3, -0.25) is 0 Å². The van der Waals surface area contributed by atoms with E-state index in [0.717, 1.165) is 23.0 Å². The van der Waals surface area contributed by atoms with Crippen LogP contribution in [-0.2, 0) is 13.0 Å². The van der Waals surface area contributed by atoms with Gasteiger partial charge < -0.3 is 5.73 Å². The molecule has 0 amide bonds. The highest BCUT2D eigenvalue weighted by molar-refractivity contribution is 5.78. The summed E-state index contributed by atoms with van der Waals surface area (Å²) in [6, 6.07) is 8.23. The molecule has 0 aliphatic carbocycles. The van der Waals surface area contributed by atoms with Crippen LogP contribution in [0, 0.1) is 0 Å². The molecule has 0 radical (unpaired) electrons. The smallest absolute Gasteiger partial charge is 0.0930 e. The number of benzene rings is 1. The Hall–Kier alpha value is -1.48. The molecule has 0 fully saturated rings. The molecule has 0 unspecified atom stereocenters. The SMILES string of the molecule is CCc1ccc2nnc(CN)cc2c1. The van der Waals surface area contributed by atoms with Gasteiger partial charge in [0.15, 0.2) is 0 Å². The Morgan fingerprint density at radius 3 is 2.79 bits per heavy atom. The fourth-order valence-corrected chi connectivity index (χ4v) is 1.46. The summed E-state index contributed by atoms with van der Waals surface area (Å²) in [5.41, 5.74) is 8.59. The minimum Gasteiger partial charge on any atom is -0.325 e. The van der Waals surface area contributed by atoms with Crippen molar-refractivity contribution in [2.45, 2.75) is 19.9 Å². The minimum absolute atomic E-state index is 0.444. The zero-order valence-corrected chi connectivity index (χ0v) is 8.20. The Morgan fingerprint density at radius 1 is 1.21 bits per heavy atom. The van der Waals surface area contributed by atoms with Crippen LogP contribution in [0.3, 0.4) is 0 Å². The van der Waals surface area contributed by atoms with Gasteiger partial charge in [-0.05, 0) is 30.2 Å². The molecule has 3 nitrogen and oxygen atoms in total. The number of aryl methyl sites for hydroxylation is 1. The van der Waals surface area contributed by atoms with Crippen molar-refractivity contribution in [1.29, 1.82) is 0 Å². The number of fused-ring (bicyclic) bond motifs is 1. The molecule has 2 N–H and O–H groups in total. The normalized spacial score (nSPS) is 10.7. The van der Waals surface area contributed by atoms with Crippen molar-refractivity contribution < 1.29 is 0 Å². The van der Waals surface area contributed by atoms with Crippen LogP contribution in [-0.4, -0.2) is 10.2 Å². The average Bonchev–Trinajstić information content (AvgIpc) is 2.27. The summed E-state index contributed by atoms with van der Waals surface area (Å²) in [7, 11) is 0. The van der Waals surface area contributed by atoms with E-state index in [1.165, 1.54) is 5.56 Å². The van der Waals surface area contributed by atoms with E-state index in [1.807, 2.05) is 12.1 Å². The van der Waals surface area contributed by atoms with Gasteiger partial charge in [0, 0.05) is 11.9 Å². The standard InChI is InChI=1S/C11H13N3/c1-2-8-3-4-11-9(5-8)6-10(7-12)13-14-11/h3-6H,2,7,12H2,1H3. The highest BCUT2D eigenvalue weighted by Gasteiger charge is 1.98. The van der Waals surface area contributed by atoms with Gasteiger partial charge in [-0.2, -0.15) is 10.2 Å². The van der Waals surface area contributed by atoms with Crippen LogP contribution in [0.15, 0.2) is 24.3 Å². The lowest BCUT2D eigenvalue weighted by Crippen LogP contribution is -2.01. The van der Waals surface area contributed by atoms with Crippen LogP contribution < -0.4 is 5.73 Å². The number of nitrogens with two attached hydrogens (primary N) is 1. The molecule has 0 atom stereocenters. The Kier molecular flexibility index (Phi) is 2.41. The maximum Gasteiger partial charge on any atom is 0.0930 e. The first-order valence-electron chi connectivity index (χ1n) is 4.79. The second-order valence-electron chi connectivity index (χ2n) is 3.29. The maximum atomic E-state index is 5.51. The third-order valence-electron chi connectivity index (χ3n) is 2.32. The van der Waals surface area contributed by atoms with Gasteiger partial charge in [-0.1, -0.05) is 13.0 Å². The Labute approximate surface area is 83.0 Å². The van der Waals surface area contributed by atoms with Gasteiger partial charge in [0.05, 0.1) is 11.2 Å². The van der Waals surface area contributed by atoms with Crippen molar-refractivity contribution >= 4 is 10.9 Å². The molecule has 0 saturated carbocycles. The van der Waals surface area contributed by atoms with Crippen molar-refractivity contribution in [3.63, 3.8) is 0 Å².